The fourth-order valence-electron chi connectivity index (χ4n) is 22.1. The number of hydrogen-bond acceptors (Lipinski definition) is 6. The molecule has 8 aromatic carbocycles. The molecule has 6 nitrogen and oxygen atoms in total. The predicted molar refractivity (Wildman–Crippen MR) is 512 cm³/mol. The third-order valence-electron chi connectivity index (χ3n) is 30.8. The minimum absolute atomic E-state index is 0.143. The molecule has 3 aliphatic heterocycles. The molecule has 0 saturated carbocycles. The lowest BCUT2D eigenvalue weighted by Gasteiger charge is -2.34. The number of unbranched alkanes of at least 4 members (excludes halogenated alkanes) is 30. The summed E-state index contributed by atoms with van der Waals surface area (Å²) in [6.07, 6.45) is 51.6. The maximum absolute atomic E-state index is 15.7. The molecule has 3 aliphatic carbocycles. The van der Waals surface area contributed by atoms with Crippen LogP contribution in [-0.2, 0) is 44.7 Å². The second-order valence-electron chi connectivity index (χ2n) is 40.1. The third kappa shape index (κ3) is 18.3. The number of rotatable bonds is 47. The summed E-state index contributed by atoms with van der Waals surface area (Å²) < 4.78 is 58.8. The molecule has 6 aliphatic rings. The lowest BCUT2D eigenvalue weighted by Crippen LogP contribution is -2.41. The SMILES string of the molecule is CCCCCCCCC1(CCCCCCCC)c2cc(B3OC(C)(C)C(C)(C)O3)ccc2-c2ccc(-c3ccc4c(c3)C(CCCCCCCC)(CCCCCCCC)c3cc(-c5ccc6c(c5)S(=O)(=O)c5cc(-c7ccc8c(c7)C(CCCCCCCC)(CCCCCCCC)c7cc(B9OC(C)(C)C(C)(C)O9)ccc7-8)ccc5-6)ccc3-4)cc21. The molecule has 0 atom stereocenters. The average molecular weight is 1630 g/mol. The highest BCUT2D eigenvalue weighted by Crippen LogP contribution is 2.61. The molecule has 0 aromatic heterocycles. The summed E-state index contributed by atoms with van der Waals surface area (Å²) in [6.45, 7) is 31.3. The van der Waals surface area contributed by atoms with Crippen LogP contribution in [0.25, 0.3) is 77.9 Å². The molecule has 2 fully saturated rings. The van der Waals surface area contributed by atoms with Gasteiger partial charge in [0.2, 0.25) is 9.84 Å². The van der Waals surface area contributed by atoms with Crippen LogP contribution in [0.1, 0.15) is 400 Å². The monoisotopic (exact) mass is 1630 g/mol. The molecule has 9 heteroatoms. The van der Waals surface area contributed by atoms with E-state index in [0.29, 0.717) is 9.79 Å². The number of hydrogen-bond donors (Lipinski definition) is 0. The Morgan fingerprint density at radius 3 is 0.633 bits per heavy atom. The molecule has 0 unspecified atom stereocenters. The van der Waals surface area contributed by atoms with Gasteiger partial charge in [0.1, 0.15) is 0 Å². The highest BCUT2D eigenvalue weighted by molar-refractivity contribution is 7.92. The van der Waals surface area contributed by atoms with Gasteiger partial charge in [0.15, 0.2) is 0 Å². The van der Waals surface area contributed by atoms with Crippen LogP contribution in [0.5, 0.6) is 0 Å². The van der Waals surface area contributed by atoms with Gasteiger partial charge in [-0.25, -0.2) is 8.42 Å². The topological polar surface area (TPSA) is 71.1 Å². The van der Waals surface area contributed by atoms with Crippen molar-refractivity contribution >= 4 is 35.0 Å². The fourth-order valence-corrected chi connectivity index (χ4v) is 23.9. The number of benzene rings is 8. The zero-order valence-electron chi connectivity index (χ0n) is 77.1. The summed E-state index contributed by atoms with van der Waals surface area (Å²) in [5.41, 5.74) is 24.9. The lowest BCUT2D eigenvalue weighted by molar-refractivity contribution is 0.00578. The summed E-state index contributed by atoms with van der Waals surface area (Å²) in [5, 5.41) is 0. The molecule has 8 aromatic rings. The normalized spacial score (nSPS) is 17.6. The first-order valence-corrected chi connectivity index (χ1v) is 50.6. The Bertz CT molecular complexity index is 4860. The highest BCUT2D eigenvalue weighted by atomic mass is 32.2. The van der Waals surface area contributed by atoms with Crippen molar-refractivity contribution in [3.05, 3.63) is 179 Å². The number of fused-ring (bicyclic) bond motifs is 12. The average Bonchev–Trinajstić information content (AvgIpc) is 1.56. The van der Waals surface area contributed by atoms with E-state index in [1.807, 2.05) is 12.1 Å². The molecular weight excluding hydrogens is 1480 g/mol. The van der Waals surface area contributed by atoms with Gasteiger partial charge in [-0.05, 0) is 241 Å². The van der Waals surface area contributed by atoms with Gasteiger partial charge in [-0.3, -0.25) is 0 Å². The van der Waals surface area contributed by atoms with Crippen molar-refractivity contribution in [3.8, 4) is 77.9 Å². The van der Waals surface area contributed by atoms with E-state index in [1.165, 1.54) is 283 Å². The summed E-state index contributed by atoms with van der Waals surface area (Å²) in [7, 11) is -4.80. The van der Waals surface area contributed by atoms with Crippen LogP contribution >= 0.6 is 0 Å². The van der Waals surface area contributed by atoms with Crippen molar-refractivity contribution in [2.45, 2.75) is 415 Å². The Balaban J connectivity index is 0.820. The van der Waals surface area contributed by atoms with Gasteiger partial charge in [-0.2, -0.15) is 0 Å². The molecule has 120 heavy (non-hydrogen) atoms. The van der Waals surface area contributed by atoms with Crippen LogP contribution < -0.4 is 10.9 Å². The summed E-state index contributed by atoms with van der Waals surface area (Å²) in [4.78, 5) is 0.822. The Morgan fingerprint density at radius 2 is 0.408 bits per heavy atom. The van der Waals surface area contributed by atoms with Gasteiger partial charge in [-0.15, -0.1) is 0 Å². The van der Waals surface area contributed by atoms with E-state index in [-0.39, 0.29) is 16.2 Å². The standard InChI is InChI=1S/C111H150B2O6S/c1-15-21-27-33-39-45-67-109(68-46-40-34-28-22-16-2)97-73-81(82-52-60-91-93-65-57-87(112-116-105(7,8)106(9,10)117-112)79-101(93)110(99(91)74-82,69-47-41-35-29-23-17-3)70-48-42-36-30-24-18-4)51-59-89(97)90-61-53-83(75-98(90)109)85-55-63-95-96-64-56-86(78-104(96)120(114,115)103(95)77-85)84-54-62-92-94-66-58-88(113-118-107(11,12)108(13,14)119-113)80-102(94)111(100(92)76-84,71-49-43-37-31-25-19-5)72-50-44-38-32-26-20-6/h51-66,73-80H,15-50,67-72H2,1-14H3. The Hall–Kier alpha value is -6.32. The molecule has 0 bridgehead atoms. The smallest absolute Gasteiger partial charge is 0.399 e. The van der Waals surface area contributed by atoms with Gasteiger partial charge in [-0.1, -0.05) is 382 Å². The van der Waals surface area contributed by atoms with Crippen LogP contribution in [0, 0.1) is 0 Å². The van der Waals surface area contributed by atoms with Crippen molar-refractivity contribution < 1.29 is 27.0 Å². The van der Waals surface area contributed by atoms with Crippen molar-refractivity contribution in [3.63, 3.8) is 0 Å². The van der Waals surface area contributed by atoms with E-state index in [9.17, 15) is 0 Å². The third-order valence-corrected chi connectivity index (χ3v) is 32.6. The molecule has 14 rings (SSSR count). The fraction of sp³-hybridized carbons (Fsp3) is 0.568. The quantitative estimate of drug-likeness (QED) is 0.0280. The number of sulfone groups is 1. The van der Waals surface area contributed by atoms with Crippen LogP contribution in [-0.4, -0.2) is 45.1 Å². The van der Waals surface area contributed by atoms with Crippen molar-refractivity contribution in [1.29, 1.82) is 0 Å². The van der Waals surface area contributed by atoms with Crippen LogP contribution in [0.3, 0.4) is 0 Å². The molecule has 642 valence electrons. The molecule has 0 spiro atoms. The molecule has 0 radical (unpaired) electrons. The van der Waals surface area contributed by atoms with Crippen LogP contribution in [0.15, 0.2) is 155 Å². The molecule has 0 N–H and O–H groups in total. The predicted octanol–water partition coefficient (Wildman–Crippen LogP) is 31.4. The van der Waals surface area contributed by atoms with Gasteiger partial charge in [0.25, 0.3) is 0 Å². The second-order valence-corrected chi connectivity index (χ2v) is 42.0. The molecular formula is C111H150B2O6S. The molecule has 3 heterocycles. The first-order valence-electron chi connectivity index (χ1n) is 49.1. The highest BCUT2D eigenvalue weighted by Gasteiger charge is 2.55. The summed E-state index contributed by atoms with van der Waals surface area (Å²) >= 11 is 0. The maximum atomic E-state index is 15.7. The molecule has 0 amide bonds. The van der Waals surface area contributed by atoms with Crippen LogP contribution in [0.2, 0.25) is 0 Å². The van der Waals surface area contributed by atoms with E-state index in [0.717, 1.165) is 109 Å². The summed E-state index contributed by atoms with van der Waals surface area (Å²) in [6, 6.07) is 56.7. The zero-order chi connectivity index (χ0) is 84.5. The van der Waals surface area contributed by atoms with Crippen molar-refractivity contribution in [2.24, 2.45) is 0 Å². The largest absolute Gasteiger partial charge is 0.494 e. The van der Waals surface area contributed by atoms with Crippen molar-refractivity contribution in [1.82, 2.24) is 0 Å². The van der Waals surface area contributed by atoms with Gasteiger partial charge in [0.05, 0.1) is 32.2 Å². The Labute approximate surface area is 729 Å². The first kappa shape index (κ1) is 89.9. The van der Waals surface area contributed by atoms with Crippen molar-refractivity contribution in [2.75, 3.05) is 0 Å². The molecule has 2 saturated heterocycles. The lowest BCUT2D eigenvalue weighted by atomic mass is 9.68. The summed E-state index contributed by atoms with van der Waals surface area (Å²) in [5.74, 6) is 0. The van der Waals surface area contributed by atoms with E-state index in [2.05, 4.69) is 230 Å². The van der Waals surface area contributed by atoms with Gasteiger partial charge < -0.3 is 18.6 Å². The maximum Gasteiger partial charge on any atom is 0.494 e. The van der Waals surface area contributed by atoms with E-state index in [4.69, 9.17) is 18.6 Å². The second kappa shape index (κ2) is 39.1. The van der Waals surface area contributed by atoms with E-state index in [1.54, 1.807) is 0 Å². The zero-order valence-corrected chi connectivity index (χ0v) is 77.9. The van der Waals surface area contributed by atoms with Crippen LogP contribution in [0.4, 0.5) is 0 Å². The Morgan fingerprint density at radius 1 is 0.225 bits per heavy atom. The van der Waals surface area contributed by atoms with E-state index < -0.39 is 46.5 Å². The van der Waals surface area contributed by atoms with Gasteiger partial charge >= 0.3 is 14.2 Å². The minimum Gasteiger partial charge on any atom is -0.399 e. The van der Waals surface area contributed by atoms with E-state index >= 15 is 8.42 Å². The Kier molecular flexibility index (Phi) is 29.3. The first-order chi connectivity index (χ1) is 58.0. The minimum atomic E-state index is -3.92. The van der Waals surface area contributed by atoms with Gasteiger partial charge in [0, 0.05) is 27.4 Å².